The van der Waals surface area contributed by atoms with Crippen molar-refractivity contribution in [1.82, 2.24) is 0 Å². The van der Waals surface area contributed by atoms with Gasteiger partial charge in [0, 0.05) is 26.2 Å². The van der Waals surface area contributed by atoms with E-state index < -0.39 is 0 Å². The number of aliphatic hydroxyl groups is 1. The standard InChI is InChI=1S/C15H26O4/c16-12-1-3-13(4-2-12)19-14-5-8-18-15(11-14)6-9-17-10-7-15/h12-14,16H,1-11H2. The van der Waals surface area contributed by atoms with E-state index in [0.717, 1.165) is 71.2 Å². The molecule has 1 spiro atoms. The van der Waals surface area contributed by atoms with Gasteiger partial charge in [-0.2, -0.15) is 0 Å². The zero-order chi connectivity index (χ0) is 13.1. The van der Waals surface area contributed by atoms with Gasteiger partial charge >= 0.3 is 0 Å². The van der Waals surface area contributed by atoms with Crippen molar-refractivity contribution in [2.24, 2.45) is 0 Å². The van der Waals surface area contributed by atoms with E-state index in [4.69, 9.17) is 14.2 Å². The predicted octanol–water partition coefficient (Wildman–Crippen LogP) is 2.03. The molecular weight excluding hydrogens is 244 g/mol. The third-order valence-corrected chi connectivity index (χ3v) is 4.88. The Bertz CT molecular complexity index is 274. The molecule has 110 valence electrons. The topological polar surface area (TPSA) is 47.9 Å². The molecule has 3 aliphatic rings. The molecule has 0 bridgehead atoms. The minimum absolute atomic E-state index is 0.0232. The van der Waals surface area contributed by atoms with Gasteiger partial charge in [0.15, 0.2) is 0 Å². The quantitative estimate of drug-likeness (QED) is 0.834. The molecule has 0 radical (unpaired) electrons. The van der Waals surface area contributed by atoms with E-state index in [1.165, 1.54) is 0 Å². The predicted molar refractivity (Wildman–Crippen MR) is 71.1 cm³/mol. The smallest absolute Gasteiger partial charge is 0.0751 e. The van der Waals surface area contributed by atoms with Gasteiger partial charge in [0.25, 0.3) is 0 Å². The van der Waals surface area contributed by atoms with Crippen molar-refractivity contribution in [3.8, 4) is 0 Å². The summed E-state index contributed by atoms with van der Waals surface area (Å²) < 4.78 is 17.8. The normalized spacial score (nSPS) is 39.3. The molecule has 0 aromatic carbocycles. The van der Waals surface area contributed by atoms with Gasteiger partial charge in [-0.15, -0.1) is 0 Å². The van der Waals surface area contributed by atoms with Crippen LogP contribution >= 0.6 is 0 Å². The van der Waals surface area contributed by atoms with Crippen LogP contribution in [0.3, 0.4) is 0 Å². The molecule has 19 heavy (non-hydrogen) atoms. The summed E-state index contributed by atoms with van der Waals surface area (Å²) >= 11 is 0. The Morgan fingerprint density at radius 2 is 1.63 bits per heavy atom. The Balaban J connectivity index is 1.50. The number of rotatable bonds is 2. The van der Waals surface area contributed by atoms with Crippen molar-refractivity contribution >= 4 is 0 Å². The maximum Gasteiger partial charge on any atom is 0.0751 e. The van der Waals surface area contributed by atoms with Gasteiger partial charge in [0.1, 0.15) is 0 Å². The van der Waals surface area contributed by atoms with Crippen LogP contribution in [0.15, 0.2) is 0 Å². The zero-order valence-corrected chi connectivity index (χ0v) is 11.7. The fourth-order valence-electron chi connectivity index (χ4n) is 3.64. The fraction of sp³-hybridized carbons (Fsp3) is 1.00. The summed E-state index contributed by atoms with van der Waals surface area (Å²) in [5.74, 6) is 0. The molecule has 1 saturated carbocycles. The Morgan fingerprint density at radius 1 is 0.895 bits per heavy atom. The highest BCUT2D eigenvalue weighted by Gasteiger charge is 2.40. The van der Waals surface area contributed by atoms with Gasteiger partial charge in [0.2, 0.25) is 0 Å². The molecule has 0 aromatic rings. The highest BCUT2D eigenvalue weighted by atomic mass is 16.5. The summed E-state index contributed by atoms with van der Waals surface area (Å²) in [6.45, 7) is 2.46. The lowest BCUT2D eigenvalue weighted by Crippen LogP contribution is -2.47. The third-order valence-electron chi connectivity index (χ3n) is 4.88. The molecule has 4 nitrogen and oxygen atoms in total. The number of ether oxygens (including phenoxy) is 3. The van der Waals surface area contributed by atoms with Crippen LogP contribution in [0.25, 0.3) is 0 Å². The second-order valence-corrected chi connectivity index (χ2v) is 6.33. The monoisotopic (exact) mass is 270 g/mol. The van der Waals surface area contributed by atoms with Crippen LogP contribution in [-0.4, -0.2) is 48.8 Å². The molecule has 3 rings (SSSR count). The number of aliphatic hydroxyl groups excluding tert-OH is 1. The molecule has 2 aliphatic heterocycles. The van der Waals surface area contributed by atoms with Crippen LogP contribution in [0.1, 0.15) is 51.4 Å². The second kappa shape index (κ2) is 6.08. The van der Waals surface area contributed by atoms with E-state index in [1.807, 2.05) is 0 Å². The van der Waals surface area contributed by atoms with E-state index in [1.54, 1.807) is 0 Å². The molecule has 1 atom stereocenters. The summed E-state index contributed by atoms with van der Waals surface area (Å²) in [5.41, 5.74) is 0.0232. The number of hydrogen-bond acceptors (Lipinski definition) is 4. The Labute approximate surface area is 115 Å². The second-order valence-electron chi connectivity index (χ2n) is 6.33. The first-order valence-corrected chi connectivity index (χ1v) is 7.81. The molecule has 0 aromatic heterocycles. The molecule has 3 fully saturated rings. The molecule has 0 amide bonds. The largest absolute Gasteiger partial charge is 0.393 e. The minimum Gasteiger partial charge on any atom is -0.393 e. The van der Waals surface area contributed by atoms with Gasteiger partial charge in [-0.05, 0) is 44.9 Å². The molecule has 2 saturated heterocycles. The van der Waals surface area contributed by atoms with Crippen molar-refractivity contribution < 1.29 is 19.3 Å². The van der Waals surface area contributed by atoms with Crippen LogP contribution in [0, 0.1) is 0 Å². The summed E-state index contributed by atoms with van der Waals surface area (Å²) in [6, 6.07) is 0. The lowest BCUT2D eigenvalue weighted by Gasteiger charge is -2.44. The first-order chi connectivity index (χ1) is 9.26. The van der Waals surface area contributed by atoms with Crippen molar-refractivity contribution in [3.63, 3.8) is 0 Å². The van der Waals surface area contributed by atoms with E-state index in [2.05, 4.69) is 0 Å². The molecular formula is C15H26O4. The average Bonchev–Trinajstić information content (AvgIpc) is 2.42. The van der Waals surface area contributed by atoms with Gasteiger partial charge in [0.05, 0.1) is 23.9 Å². The van der Waals surface area contributed by atoms with E-state index >= 15 is 0 Å². The summed E-state index contributed by atoms with van der Waals surface area (Å²) in [4.78, 5) is 0. The van der Waals surface area contributed by atoms with Crippen LogP contribution in [0.5, 0.6) is 0 Å². The summed E-state index contributed by atoms with van der Waals surface area (Å²) in [7, 11) is 0. The first kappa shape index (κ1) is 13.8. The Hall–Kier alpha value is -0.160. The highest BCUT2D eigenvalue weighted by molar-refractivity contribution is 4.90. The van der Waals surface area contributed by atoms with E-state index in [-0.39, 0.29) is 11.7 Å². The van der Waals surface area contributed by atoms with E-state index in [9.17, 15) is 5.11 Å². The highest BCUT2D eigenvalue weighted by Crippen LogP contribution is 2.36. The molecule has 1 N–H and O–H groups in total. The van der Waals surface area contributed by atoms with Gasteiger partial charge in [-0.25, -0.2) is 0 Å². The van der Waals surface area contributed by atoms with Crippen LogP contribution in [0.4, 0.5) is 0 Å². The first-order valence-electron chi connectivity index (χ1n) is 7.81. The van der Waals surface area contributed by atoms with Crippen molar-refractivity contribution in [2.75, 3.05) is 19.8 Å². The van der Waals surface area contributed by atoms with Gasteiger partial charge < -0.3 is 19.3 Å². The maximum absolute atomic E-state index is 9.54. The third kappa shape index (κ3) is 3.48. The van der Waals surface area contributed by atoms with Crippen molar-refractivity contribution in [2.45, 2.75) is 75.3 Å². The lowest BCUT2D eigenvalue weighted by molar-refractivity contribution is -0.181. The maximum atomic E-state index is 9.54. The number of hydrogen-bond donors (Lipinski definition) is 1. The van der Waals surface area contributed by atoms with Crippen molar-refractivity contribution in [1.29, 1.82) is 0 Å². The molecule has 1 unspecified atom stereocenters. The molecule has 2 heterocycles. The summed E-state index contributed by atoms with van der Waals surface area (Å²) in [5, 5.41) is 9.54. The zero-order valence-electron chi connectivity index (χ0n) is 11.7. The van der Waals surface area contributed by atoms with Crippen LogP contribution in [-0.2, 0) is 14.2 Å². The summed E-state index contributed by atoms with van der Waals surface area (Å²) in [6.07, 6.45) is 8.46. The molecule has 4 heteroatoms. The van der Waals surface area contributed by atoms with Crippen molar-refractivity contribution in [3.05, 3.63) is 0 Å². The lowest BCUT2D eigenvalue weighted by atomic mass is 9.85. The van der Waals surface area contributed by atoms with Crippen LogP contribution in [0.2, 0.25) is 0 Å². The Morgan fingerprint density at radius 3 is 2.37 bits per heavy atom. The molecule has 1 aliphatic carbocycles. The Kier molecular flexibility index (Phi) is 4.42. The van der Waals surface area contributed by atoms with E-state index in [0.29, 0.717) is 12.2 Å². The van der Waals surface area contributed by atoms with Crippen LogP contribution < -0.4 is 0 Å². The SMILES string of the molecule is OC1CCC(OC2CCOC3(CCOCC3)C2)CC1. The van der Waals surface area contributed by atoms with Gasteiger partial charge in [-0.1, -0.05) is 0 Å². The van der Waals surface area contributed by atoms with Gasteiger partial charge in [-0.3, -0.25) is 0 Å². The fourth-order valence-corrected chi connectivity index (χ4v) is 3.64. The average molecular weight is 270 g/mol. The minimum atomic E-state index is -0.101.